The summed E-state index contributed by atoms with van der Waals surface area (Å²) in [7, 11) is 2.01. The van der Waals surface area contributed by atoms with Gasteiger partial charge in [-0.05, 0) is 47.4 Å². The number of ketones is 1. The fourth-order valence-electron chi connectivity index (χ4n) is 1.52. The van der Waals surface area contributed by atoms with Gasteiger partial charge in [0.25, 0.3) is 0 Å². The minimum Gasteiger partial charge on any atom is -0.299 e. The third-order valence-electron chi connectivity index (χ3n) is 2.43. The van der Waals surface area contributed by atoms with Crippen molar-refractivity contribution in [2.24, 2.45) is 0 Å². The van der Waals surface area contributed by atoms with Crippen LogP contribution in [0.1, 0.15) is 35.9 Å². The largest absolute Gasteiger partial charge is 0.299 e. The number of unbranched alkanes of at least 4 members (excludes halogenated alkanes) is 2. The summed E-state index contributed by atoms with van der Waals surface area (Å²) < 4.78 is 0.921. The minimum absolute atomic E-state index is 0.209. The fourth-order valence-corrected chi connectivity index (χ4v) is 3.05. The number of hydrogen-bond acceptors (Lipinski definition) is 3. The highest BCUT2D eigenvalue weighted by atomic mass is 79.9. The number of rotatable bonds is 7. The van der Waals surface area contributed by atoms with E-state index in [1.165, 1.54) is 30.6 Å². The molecule has 0 radical (unpaired) electrons. The van der Waals surface area contributed by atoms with E-state index >= 15 is 0 Å². The van der Waals surface area contributed by atoms with Crippen molar-refractivity contribution < 1.29 is 4.79 Å². The predicted octanol–water partition coefficient (Wildman–Crippen LogP) is 3.82. The number of nitrogens with zero attached hydrogens (tertiary/aromatic N) is 1. The quantitative estimate of drug-likeness (QED) is 0.564. The Balaban J connectivity index is 2.37. The number of Topliss-reactive ketones (excluding diaryl/α,β-unsaturated/α-hetero) is 1. The summed E-state index contributed by atoms with van der Waals surface area (Å²) in [6, 6.07) is 1.93. The Morgan fingerprint density at radius 2 is 2.25 bits per heavy atom. The lowest BCUT2D eigenvalue weighted by molar-refractivity contribution is 0.0949. The van der Waals surface area contributed by atoms with E-state index in [2.05, 4.69) is 27.8 Å². The molecule has 0 fully saturated rings. The molecule has 0 amide bonds. The molecule has 0 unspecified atom stereocenters. The summed E-state index contributed by atoms with van der Waals surface area (Å²) in [5, 5.41) is 1.94. The number of carbonyl (C=O) groups excluding carboxylic acids is 1. The molecule has 0 atom stereocenters. The molecular weight excluding hydrogens is 286 g/mol. The van der Waals surface area contributed by atoms with Crippen LogP contribution in [0.3, 0.4) is 0 Å². The Morgan fingerprint density at radius 3 is 2.81 bits per heavy atom. The SMILES string of the molecule is CCCCCN(C)CC(=O)c1sccc1Br. The van der Waals surface area contributed by atoms with Crippen LogP contribution >= 0.6 is 27.3 Å². The van der Waals surface area contributed by atoms with Crippen LogP contribution in [0.2, 0.25) is 0 Å². The number of likely N-dealkylation sites (N-methyl/N-ethyl adjacent to an activating group) is 1. The average molecular weight is 304 g/mol. The summed E-state index contributed by atoms with van der Waals surface area (Å²) in [5.74, 6) is 0.209. The molecule has 2 nitrogen and oxygen atoms in total. The first kappa shape index (κ1) is 13.9. The van der Waals surface area contributed by atoms with E-state index < -0.39 is 0 Å². The lowest BCUT2D eigenvalue weighted by Crippen LogP contribution is -2.26. The third kappa shape index (κ3) is 4.36. The lowest BCUT2D eigenvalue weighted by Gasteiger charge is -2.14. The van der Waals surface area contributed by atoms with E-state index in [9.17, 15) is 4.79 Å². The highest BCUT2D eigenvalue weighted by Gasteiger charge is 2.13. The highest BCUT2D eigenvalue weighted by molar-refractivity contribution is 9.10. The second-order valence-electron chi connectivity index (χ2n) is 3.97. The van der Waals surface area contributed by atoms with Gasteiger partial charge < -0.3 is 0 Å². The van der Waals surface area contributed by atoms with Crippen LogP contribution in [-0.2, 0) is 0 Å². The zero-order valence-corrected chi connectivity index (χ0v) is 12.2. The van der Waals surface area contributed by atoms with Crippen LogP contribution in [0.15, 0.2) is 15.9 Å². The van der Waals surface area contributed by atoms with E-state index in [0.717, 1.165) is 15.9 Å². The van der Waals surface area contributed by atoms with Crippen molar-refractivity contribution in [3.8, 4) is 0 Å². The normalized spacial score (nSPS) is 11.0. The second-order valence-corrected chi connectivity index (χ2v) is 5.74. The van der Waals surface area contributed by atoms with Crippen LogP contribution in [0.25, 0.3) is 0 Å². The van der Waals surface area contributed by atoms with Crippen LogP contribution in [0.5, 0.6) is 0 Å². The Bertz CT molecular complexity index is 338. The molecular formula is C12H18BrNOS. The standard InChI is InChI=1S/C12H18BrNOS/c1-3-4-5-7-14(2)9-11(15)12-10(13)6-8-16-12/h6,8H,3-5,7,9H2,1-2H3. The van der Waals surface area contributed by atoms with Gasteiger partial charge in [-0.25, -0.2) is 0 Å². The monoisotopic (exact) mass is 303 g/mol. The molecule has 0 aliphatic heterocycles. The Hall–Kier alpha value is -0.190. The van der Waals surface area contributed by atoms with Gasteiger partial charge >= 0.3 is 0 Å². The molecule has 1 rings (SSSR count). The van der Waals surface area contributed by atoms with Gasteiger partial charge in [0, 0.05) is 4.47 Å². The van der Waals surface area contributed by atoms with Gasteiger partial charge in [0.1, 0.15) is 0 Å². The van der Waals surface area contributed by atoms with Crippen molar-refractivity contribution in [3.63, 3.8) is 0 Å². The Labute approximate surface area is 110 Å². The Morgan fingerprint density at radius 1 is 1.50 bits per heavy atom. The molecule has 0 saturated heterocycles. The highest BCUT2D eigenvalue weighted by Crippen LogP contribution is 2.23. The van der Waals surface area contributed by atoms with Crippen molar-refractivity contribution in [3.05, 3.63) is 20.8 Å². The van der Waals surface area contributed by atoms with Crippen molar-refractivity contribution in [1.82, 2.24) is 4.90 Å². The summed E-state index contributed by atoms with van der Waals surface area (Å²) in [5.41, 5.74) is 0. The molecule has 1 aromatic heterocycles. The summed E-state index contributed by atoms with van der Waals surface area (Å²) >= 11 is 4.90. The van der Waals surface area contributed by atoms with E-state index in [1.54, 1.807) is 0 Å². The first-order valence-corrected chi connectivity index (χ1v) is 7.27. The third-order valence-corrected chi connectivity index (χ3v) is 4.31. The minimum atomic E-state index is 0.209. The van der Waals surface area contributed by atoms with Crippen LogP contribution < -0.4 is 0 Å². The summed E-state index contributed by atoms with van der Waals surface area (Å²) in [4.78, 5) is 14.8. The predicted molar refractivity (Wildman–Crippen MR) is 73.4 cm³/mol. The van der Waals surface area contributed by atoms with Crippen LogP contribution in [-0.4, -0.2) is 30.8 Å². The van der Waals surface area contributed by atoms with E-state index in [0.29, 0.717) is 6.54 Å². The molecule has 1 heterocycles. The van der Waals surface area contributed by atoms with Gasteiger partial charge in [-0.1, -0.05) is 19.8 Å². The topological polar surface area (TPSA) is 20.3 Å². The number of halogens is 1. The maximum absolute atomic E-state index is 11.9. The molecule has 16 heavy (non-hydrogen) atoms. The molecule has 0 spiro atoms. The lowest BCUT2D eigenvalue weighted by atomic mass is 10.2. The molecule has 0 N–H and O–H groups in total. The Kier molecular flexibility index (Phi) is 6.24. The van der Waals surface area contributed by atoms with Gasteiger partial charge in [0.15, 0.2) is 5.78 Å². The van der Waals surface area contributed by atoms with Crippen LogP contribution in [0, 0.1) is 0 Å². The zero-order chi connectivity index (χ0) is 12.0. The average Bonchev–Trinajstić information content (AvgIpc) is 2.65. The molecule has 1 aromatic rings. The van der Waals surface area contributed by atoms with Gasteiger partial charge in [-0.2, -0.15) is 0 Å². The second kappa shape index (κ2) is 7.20. The van der Waals surface area contributed by atoms with Gasteiger partial charge in [-0.3, -0.25) is 9.69 Å². The maximum atomic E-state index is 11.9. The summed E-state index contributed by atoms with van der Waals surface area (Å²) in [6.45, 7) is 3.71. The van der Waals surface area contributed by atoms with Gasteiger partial charge in [-0.15, -0.1) is 11.3 Å². The first-order valence-electron chi connectivity index (χ1n) is 5.60. The fraction of sp³-hybridized carbons (Fsp3) is 0.583. The molecule has 0 saturated carbocycles. The number of thiophene rings is 1. The van der Waals surface area contributed by atoms with Crippen LogP contribution in [0.4, 0.5) is 0 Å². The molecule has 0 aliphatic rings. The maximum Gasteiger partial charge on any atom is 0.187 e. The molecule has 0 bridgehead atoms. The smallest absolute Gasteiger partial charge is 0.187 e. The van der Waals surface area contributed by atoms with Crippen molar-refractivity contribution in [1.29, 1.82) is 0 Å². The van der Waals surface area contributed by atoms with Crippen molar-refractivity contribution in [2.45, 2.75) is 26.2 Å². The molecule has 0 aromatic carbocycles. The number of carbonyl (C=O) groups is 1. The van der Waals surface area contributed by atoms with E-state index in [4.69, 9.17) is 0 Å². The number of hydrogen-bond donors (Lipinski definition) is 0. The van der Waals surface area contributed by atoms with E-state index in [1.807, 2.05) is 18.5 Å². The zero-order valence-electron chi connectivity index (χ0n) is 9.83. The van der Waals surface area contributed by atoms with Gasteiger partial charge in [0.05, 0.1) is 11.4 Å². The first-order chi connectivity index (χ1) is 7.65. The van der Waals surface area contributed by atoms with Crippen molar-refractivity contribution in [2.75, 3.05) is 20.1 Å². The summed E-state index contributed by atoms with van der Waals surface area (Å²) in [6.07, 6.45) is 3.63. The molecule has 90 valence electrons. The molecule has 0 aliphatic carbocycles. The molecule has 4 heteroatoms. The van der Waals surface area contributed by atoms with Crippen molar-refractivity contribution >= 4 is 33.0 Å². The van der Waals surface area contributed by atoms with Gasteiger partial charge in [0.2, 0.25) is 0 Å². The van der Waals surface area contributed by atoms with E-state index in [-0.39, 0.29) is 5.78 Å².